The average Bonchev–Trinajstić information content (AvgIpc) is 2.92. The molecule has 1 saturated heterocycles. The van der Waals surface area contributed by atoms with Gasteiger partial charge >= 0.3 is 0 Å². The van der Waals surface area contributed by atoms with Crippen LogP contribution in [0, 0.1) is 12.8 Å². The zero-order valence-electron chi connectivity index (χ0n) is 12.9. The van der Waals surface area contributed by atoms with Crippen molar-refractivity contribution in [1.29, 1.82) is 0 Å². The first-order chi connectivity index (χ1) is 10.5. The summed E-state index contributed by atoms with van der Waals surface area (Å²) >= 11 is 0. The lowest BCUT2D eigenvalue weighted by atomic mass is 9.84. The Labute approximate surface area is 129 Å². The molecule has 3 rings (SSSR count). The minimum atomic E-state index is -2.59. The standard InChI is InChI=1S/C16H23F2N3O/c1-11-10-19-20-14(11)13-4-2-3-9-21(13)15(22)12-5-7-16(17,18)8-6-12/h10,12-13H,2-9H2,1H3,(H,19,20). The Bertz CT molecular complexity index is 533. The third kappa shape index (κ3) is 3.01. The van der Waals surface area contributed by atoms with Crippen molar-refractivity contribution in [2.75, 3.05) is 6.54 Å². The van der Waals surface area contributed by atoms with Crippen LogP contribution in [0.5, 0.6) is 0 Å². The molecule has 2 heterocycles. The number of alkyl halides is 2. The summed E-state index contributed by atoms with van der Waals surface area (Å²) in [7, 11) is 0. The van der Waals surface area contributed by atoms with Crippen LogP contribution in [-0.4, -0.2) is 33.5 Å². The van der Waals surface area contributed by atoms with Gasteiger partial charge in [0.05, 0.1) is 17.9 Å². The molecule has 1 atom stereocenters. The lowest BCUT2D eigenvalue weighted by Crippen LogP contribution is -2.44. The molecule has 2 aliphatic rings. The molecule has 0 bridgehead atoms. The molecule has 1 unspecified atom stereocenters. The number of piperidine rings is 1. The van der Waals surface area contributed by atoms with Gasteiger partial charge in [0.2, 0.25) is 11.8 Å². The summed E-state index contributed by atoms with van der Waals surface area (Å²) in [5.74, 6) is -2.78. The van der Waals surface area contributed by atoms with Crippen molar-refractivity contribution in [2.24, 2.45) is 5.92 Å². The van der Waals surface area contributed by atoms with Crippen molar-refractivity contribution < 1.29 is 13.6 Å². The highest BCUT2D eigenvalue weighted by Gasteiger charge is 2.40. The molecule has 0 radical (unpaired) electrons. The molecule has 22 heavy (non-hydrogen) atoms. The summed E-state index contributed by atoms with van der Waals surface area (Å²) in [5.41, 5.74) is 2.05. The van der Waals surface area contributed by atoms with Crippen LogP contribution in [0.4, 0.5) is 8.78 Å². The quantitative estimate of drug-likeness (QED) is 0.907. The predicted molar refractivity (Wildman–Crippen MR) is 78.5 cm³/mol. The van der Waals surface area contributed by atoms with Crippen LogP contribution in [-0.2, 0) is 4.79 Å². The Hall–Kier alpha value is -1.46. The monoisotopic (exact) mass is 311 g/mol. The highest BCUT2D eigenvalue weighted by Crippen LogP contribution is 2.39. The number of carbonyl (C=O) groups excluding carboxylic acids is 1. The van der Waals surface area contributed by atoms with E-state index in [0.29, 0.717) is 12.8 Å². The number of hydrogen-bond acceptors (Lipinski definition) is 2. The van der Waals surface area contributed by atoms with Crippen molar-refractivity contribution >= 4 is 5.91 Å². The Kier molecular flexibility index (Phi) is 4.19. The Morgan fingerprint density at radius 3 is 2.68 bits per heavy atom. The summed E-state index contributed by atoms with van der Waals surface area (Å²) < 4.78 is 26.6. The third-order valence-electron chi connectivity index (χ3n) is 5.05. The second kappa shape index (κ2) is 5.97. The molecule has 6 heteroatoms. The number of hydrogen-bond donors (Lipinski definition) is 1. The topological polar surface area (TPSA) is 49.0 Å². The van der Waals surface area contributed by atoms with Crippen molar-refractivity contribution in [2.45, 2.75) is 63.8 Å². The number of carbonyl (C=O) groups is 1. The van der Waals surface area contributed by atoms with Crippen LogP contribution in [0.1, 0.15) is 62.2 Å². The number of H-pyrrole nitrogens is 1. The first kappa shape index (κ1) is 15.4. The smallest absolute Gasteiger partial charge is 0.248 e. The average molecular weight is 311 g/mol. The van der Waals surface area contributed by atoms with Gasteiger partial charge in [-0.2, -0.15) is 5.10 Å². The fourth-order valence-electron chi connectivity index (χ4n) is 3.71. The Morgan fingerprint density at radius 1 is 1.32 bits per heavy atom. The van der Waals surface area contributed by atoms with Crippen molar-refractivity contribution in [3.8, 4) is 0 Å². The molecule has 4 nitrogen and oxygen atoms in total. The third-order valence-corrected chi connectivity index (χ3v) is 5.05. The molecule has 1 saturated carbocycles. The van der Waals surface area contributed by atoms with Gasteiger partial charge in [-0.15, -0.1) is 0 Å². The lowest BCUT2D eigenvalue weighted by Gasteiger charge is -2.39. The number of nitrogens with zero attached hydrogens (tertiary/aromatic N) is 2. The maximum atomic E-state index is 13.3. The second-order valence-corrected chi connectivity index (χ2v) is 6.64. The zero-order valence-corrected chi connectivity index (χ0v) is 12.9. The van der Waals surface area contributed by atoms with Gasteiger partial charge in [0.1, 0.15) is 0 Å². The molecule has 1 aromatic heterocycles. The zero-order chi connectivity index (χ0) is 15.7. The van der Waals surface area contributed by atoms with E-state index in [1.807, 2.05) is 11.8 Å². The van der Waals surface area contributed by atoms with Gasteiger partial charge in [0.15, 0.2) is 0 Å². The van der Waals surface area contributed by atoms with Crippen molar-refractivity contribution in [3.63, 3.8) is 0 Å². The summed E-state index contributed by atoms with van der Waals surface area (Å²) in [6.45, 7) is 2.70. The summed E-state index contributed by atoms with van der Waals surface area (Å²) in [5, 5.41) is 7.07. The number of aromatic amines is 1. The van der Waals surface area contributed by atoms with Crippen LogP contribution in [0.2, 0.25) is 0 Å². The Balaban J connectivity index is 1.74. The predicted octanol–water partition coefficient (Wildman–Crippen LogP) is 3.60. The summed E-state index contributed by atoms with van der Waals surface area (Å²) in [6.07, 6.45) is 5.03. The van der Waals surface area contributed by atoms with E-state index in [1.54, 1.807) is 6.20 Å². The number of likely N-dealkylation sites (tertiary alicyclic amines) is 1. The largest absolute Gasteiger partial charge is 0.334 e. The van der Waals surface area contributed by atoms with E-state index in [2.05, 4.69) is 10.2 Å². The first-order valence-electron chi connectivity index (χ1n) is 8.16. The van der Waals surface area contributed by atoms with Crippen molar-refractivity contribution in [1.82, 2.24) is 15.1 Å². The number of aromatic nitrogens is 2. The maximum absolute atomic E-state index is 13.3. The van der Waals surface area contributed by atoms with E-state index in [0.717, 1.165) is 37.1 Å². The molecule has 1 aliphatic carbocycles. The van der Waals surface area contributed by atoms with Crippen LogP contribution >= 0.6 is 0 Å². The fourth-order valence-corrected chi connectivity index (χ4v) is 3.71. The summed E-state index contributed by atoms with van der Waals surface area (Å²) in [6, 6.07) is 0.0196. The number of aryl methyl sites for hydroxylation is 1. The highest BCUT2D eigenvalue weighted by atomic mass is 19.3. The van der Waals surface area contributed by atoms with E-state index >= 15 is 0 Å². The SMILES string of the molecule is Cc1cn[nH]c1C1CCCCN1C(=O)C1CCC(F)(F)CC1. The van der Waals surface area contributed by atoms with Gasteiger partial charge in [-0.25, -0.2) is 8.78 Å². The van der Waals surface area contributed by atoms with Gasteiger partial charge < -0.3 is 4.90 Å². The maximum Gasteiger partial charge on any atom is 0.248 e. The van der Waals surface area contributed by atoms with Crippen molar-refractivity contribution in [3.05, 3.63) is 17.5 Å². The molecule has 122 valence electrons. The van der Waals surface area contributed by atoms with E-state index in [4.69, 9.17) is 0 Å². The van der Waals surface area contributed by atoms with Gasteiger partial charge in [0, 0.05) is 25.3 Å². The second-order valence-electron chi connectivity index (χ2n) is 6.64. The Morgan fingerprint density at radius 2 is 2.05 bits per heavy atom. The number of nitrogens with one attached hydrogen (secondary N) is 1. The van der Waals surface area contributed by atoms with Gasteiger partial charge in [-0.3, -0.25) is 9.89 Å². The molecule has 1 aromatic rings. The molecule has 1 amide bonds. The molecule has 0 spiro atoms. The molecular formula is C16H23F2N3O. The van der Waals surface area contributed by atoms with E-state index in [1.165, 1.54) is 0 Å². The minimum Gasteiger partial charge on any atom is -0.334 e. The summed E-state index contributed by atoms with van der Waals surface area (Å²) in [4.78, 5) is 14.7. The number of rotatable bonds is 2. The van der Waals surface area contributed by atoms with Crippen LogP contribution in [0.3, 0.4) is 0 Å². The number of amides is 1. The molecule has 1 N–H and O–H groups in total. The van der Waals surface area contributed by atoms with E-state index in [-0.39, 0.29) is 30.7 Å². The minimum absolute atomic E-state index is 0.0196. The van der Waals surface area contributed by atoms with Crippen LogP contribution in [0.25, 0.3) is 0 Å². The molecule has 1 aliphatic heterocycles. The number of halogens is 2. The van der Waals surface area contributed by atoms with Gasteiger partial charge in [0.25, 0.3) is 0 Å². The van der Waals surface area contributed by atoms with E-state index < -0.39 is 5.92 Å². The normalized spacial score (nSPS) is 26.1. The highest BCUT2D eigenvalue weighted by molar-refractivity contribution is 5.79. The lowest BCUT2D eigenvalue weighted by molar-refractivity contribution is -0.143. The molecule has 0 aromatic carbocycles. The fraction of sp³-hybridized carbons (Fsp3) is 0.750. The van der Waals surface area contributed by atoms with Gasteiger partial charge in [-0.1, -0.05) is 0 Å². The van der Waals surface area contributed by atoms with Gasteiger partial charge in [-0.05, 0) is 44.6 Å². The molecule has 2 fully saturated rings. The first-order valence-corrected chi connectivity index (χ1v) is 8.16. The van der Waals surface area contributed by atoms with Crippen LogP contribution < -0.4 is 0 Å². The van der Waals surface area contributed by atoms with E-state index in [9.17, 15) is 13.6 Å². The van der Waals surface area contributed by atoms with Crippen LogP contribution in [0.15, 0.2) is 6.20 Å². The molecular weight excluding hydrogens is 288 g/mol.